The Hall–Kier alpha value is -7.29. The lowest BCUT2D eigenvalue weighted by atomic mass is 9.68. The van der Waals surface area contributed by atoms with E-state index in [9.17, 15) is 27.6 Å². The molecule has 550 valence electrons. The number of hydrogen-bond donors (Lipinski definition) is 3. The monoisotopic (exact) mass is 1400 g/mol. The van der Waals surface area contributed by atoms with Crippen molar-refractivity contribution in [2.24, 2.45) is 16.7 Å². The van der Waals surface area contributed by atoms with E-state index in [0.717, 1.165) is 175 Å². The molecule has 2 bridgehead atoms. The average molecular weight is 1400 g/mol. The molecule has 12 nitrogen and oxygen atoms in total. The second kappa shape index (κ2) is 32.6. The van der Waals surface area contributed by atoms with Crippen molar-refractivity contribution in [2.75, 3.05) is 0 Å². The largest absolute Gasteiger partial charge is 0.348 e. The fourth-order valence-corrected chi connectivity index (χ4v) is 20.5. The molecular weight excluding hydrogens is 1290 g/mol. The summed E-state index contributed by atoms with van der Waals surface area (Å²) in [7, 11) is 0. The van der Waals surface area contributed by atoms with Crippen LogP contribution in [0.2, 0.25) is 0 Å². The summed E-state index contributed by atoms with van der Waals surface area (Å²) in [6.45, 7) is 9.10. The summed E-state index contributed by atoms with van der Waals surface area (Å²) < 4.78 is 48.7. The number of nitrogens with one attached hydrogen (secondary N) is 3. The zero-order valence-corrected chi connectivity index (χ0v) is 62.1. The molecule has 6 fully saturated rings. The van der Waals surface area contributed by atoms with E-state index >= 15 is 0 Å². The Morgan fingerprint density at radius 2 is 0.835 bits per heavy atom. The quantitative estimate of drug-likeness (QED) is 0.0823. The highest BCUT2D eigenvalue weighted by Gasteiger charge is 2.60. The Bertz CT molecular complexity index is 4050. The van der Waals surface area contributed by atoms with E-state index in [2.05, 4.69) is 50.8 Å². The van der Waals surface area contributed by atoms with E-state index in [1.807, 2.05) is 61.5 Å². The summed E-state index contributed by atoms with van der Waals surface area (Å²) in [5.41, 5.74) is 13.7. The van der Waals surface area contributed by atoms with Crippen LogP contribution in [0.5, 0.6) is 0 Å². The lowest BCUT2D eigenvalue weighted by molar-refractivity contribution is 0.0731. The lowest BCUT2D eigenvalue weighted by Crippen LogP contribution is -2.52. The zero-order chi connectivity index (χ0) is 71.2. The molecule has 3 N–H and O–H groups in total. The molecular formula is C88H114F3N9O3. The molecule has 3 amide bonds. The topological polar surface area (TPSA) is 141 Å². The van der Waals surface area contributed by atoms with Crippen molar-refractivity contribution >= 4 is 17.7 Å². The molecule has 103 heavy (non-hydrogen) atoms. The van der Waals surface area contributed by atoms with Crippen LogP contribution in [0.4, 0.5) is 13.2 Å². The number of fused-ring (bicyclic) bond motifs is 5. The molecule has 16 rings (SSSR count). The van der Waals surface area contributed by atoms with E-state index in [4.69, 9.17) is 15.3 Å². The molecule has 7 aromatic rings. The van der Waals surface area contributed by atoms with Gasteiger partial charge in [0.05, 0.1) is 24.2 Å². The first kappa shape index (κ1) is 72.6. The minimum absolute atomic E-state index is 0.0157. The van der Waals surface area contributed by atoms with Crippen molar-refractivity contribution in [1.29, 1.82) is 0 Å². The predicted molar refractivity (Wildman–Crippen MR) is 402 cm³/mol. The Morgan fingerprint density at radius 1 is 0.447 bits per heavy atom. The summed E-state index contributed by atoms with van der Waals surface area (Å²) in [6, 6.07) is 32.6. The molecule has 0 saturated heterocycles. The molecule has 7 atom stereocenters. The van der Waals surface area contributed by atoms with E-state index in [1.54, 1.807) is 30.3 Å². The smallest absolute Gasteiger partial charge is 0.272 e. The van der Waals surface area contributed by atoms with Gasteiger partial charge in [0, 0.05) is 63.6 Å². The highest BCUT2D eigenvalue weighted by Crippen LogP contribution is 2.62. The number of benzene rings is 4. The maximum absolute atomic E-state index is 14.1. The summed E-state index contributed by atoms with van der Waals surface area (Å²) >= 11 is 0. The summed E-state index contributed by atoms with van der Waals surface area (Å²) in [4.78, 5) is 40.8. The van der Waals surface area contributed by atoms with Crippen LogP contribution in [0.1, 0.15) is 350 Å². The molecule has 0 radical (unpaired) electrons. The SMILES string of the molecule is CC12CCC(C1)C(C)(C)[C@H]2NC(=O)c1nn(C2CCCCC2)c2c1CCCCC2Cc1cccc(F)c1.C[C@H](NC(=O)c1nn(C2CCCCC2)c2c1CCCCC2Cc1cccc(F)c1)c1ccccc1.O=C(NC1CCC1)c1nn(C2CCCCC2)c2c1CCCCC2Cc1cccc(F)c1. The maximum atomic E-state index is 14.1. The molecule has 3 aromatic heterocycles. The van der Waals surface area contributed by atoms with Gasteiger partial charge in [0.15, 0.2) is 17.1 Å². The van der Waals surface area contributed by atoms with Gasteiger partial charge in [-0.1, -0.05) is 165 Å². The lowest BCUT2D eigenvalue weighted by Gasteiger charge is -2.43. The molecule has 0 spiro atoms. The molecule has 15 heteroatoms. The fraction of sp³-hybridized carbons (Fsp3) is 0.591. The standard InChI is InChI=1S/C32H44FN3O.C30H36FN3O.C26H34FN3O/c1-31(2)23-16-17-32(3,20-23)30(31)34-29(37)27-26-15-8-7-11-22(18-21-10-9-12-24(33)19-21)28(26)36(35-27)25-13-5-4-6-14-25;1-21(23-12-4-2-5-13-23)32-30(35)28-27-18-9-8-14-24(19-22-11-10-15-25(31)20-22)29(27)34(33-28)26-16-6-3-7-17-26;27-20-10-6-8-18(17-20)16-19-9-4-5-15-23-24(26(31)28-21-11-7-12-21)29-30(25(19)23)22-13-2-1-3-14-22/h9-10,12,19,22-23,25,30H,4-8,11,13-18,20H2,1-3H3,(H,34,37);2,4-5,10-13,15,20-21,24,26H,3,6-9,14,16-19H2,1H3,(H,32,35);6,8,10,17,19,21-22H,1-5,7,9,11-16H2,(H,28,31)/t22?,23?,30-,32?;21-,24?;/m10./s1. The number of aromatic nitrogens is 6. The van der Waals surface area contributed by atoms with Gasteiger partial charge in [-0.2, -0.15) is 15.3 Å². The van der Waals surface area contributed by atoms with Gasteiger partial charge in [0.2, 0.25) is 0 Å². The number of amides is 3. The van der Waals surface area contributed by atoms with E-state index < -0.39 is 0 Å². The van der Waals surface area contributed by atoms with Crippen molar-refractivity contribution in [3.63, 3.8) is 0 Å². The van der Waals surface area contributed by atoms with Gasteiger partial charge in [0.25, 0.3) is 17.7 Å². The second-order valence-corrected chi connectivity index (χ2v) is 33.7. The van der Waals surface area contributed by atoms with Crippen molar-refractivity contribution < 1.29 is 27.6 Å². The van der Waals surface area contributed by atoms with Gasteiger partial charge >= 0.3 is 0 Å². The van der Waals surface area contributed by atoms with Crippen LogP contribution in [-0.2, 0) is 38.5 Å². The minimum Gasteiger partial charge on any atom is -0.348 e. The molecule has 6 saturated carbocycles. The van der Waals surface area contributed by atoms with Gasteiger partial charge in [-0.05, 0) is 236 Å². The molecule has 5 unspecified atom stereocenters. The first-order valence-corrected chi connectivity index (χ1v) is 40.6. The minimum atomic E-state index is -0.188. The first-order valence-electron chi connectivity index (χ1n) is 40.6. The summed E-state index contributed by atoms with van der Waals surface area (Å²) in [6.07, 6.45) is 40.0. The van der Waals surface area contributed by atoms with Crippen LogP contribution in [0.25, 0.3) is 0 Å². The Labute approximate surface area is 610 Å². The number of hydrogen-bond acceptors (Lipinski definition) is 6. The van der Waals surface area contributed by atoms with Gasteiger partial charge in [-0.25, -0.2) is 13.2 Å². The number of nitrogens with zero attached hydrogens (tertiary/aromatic N) is 6. The third-order valence-corrected chi connectivity index (χ3v) is 26.2. The van der Waals surface area contributed by atoms with Crippen LogP contribution < -0.4 is 16.0 Å². The third-order valence-electron chi connectivity index (χ3n) is 26.2. The van der Waals surface area contributed by atoms with Crippen molar-refractivity contribution in [2.45, 2.75) is 313 Å². The van der Waals surface area contributed by atoms with Crippen molar-refractivity contribution in [1.82, 2.24) is 45.3 Å². The van der Waals surface area contributed by atoms with Gasteiger partial charge in [0.1, 0.15) is 17.5 Å². The van der Waals surface area contributed by atoms with Gasteiger partial charge < -0.3 is 16.0 Å². The highest BCUT2D eigenvalue weighted by atomic mass is 19.1. The van der Waals surface area contributed by atoms with Crippen LogP contribution in [-0.4, -0.2) is 59.1 Å². The maximum Gasteiger partial charge on any atom is 0.272 e. The van der Waals surface area contributed by atoms with Crippen molar-refractivity contribution in [3.8, 4) is 0 Å². The van der Waals surface area contributed by atoms with E-state index in [0.29, 0.717) is 53.1 Å². The molecule has 3 heterocycles. The highest BCUT2D eigenvalue weighted by molar-refractivity contribution is 5.95. The van der Waals surface area contributed by atoms with Gasteiger partial charge in [-0.3, -0.25) is 28.4 Å². The number of rotatable bonds is 16. The average Bonchev–Trinajstić information content (AvgIpc) is 1.57. The second-order valence-electron chi connectivity index (χ2n) is 33.7. The number of carbonyl (C=O) groups excluding carboxylic acids is 3. The van der Waals surface area contributed by atoms with E-state index in [-0.39, 0.29) is 69.9 Å². The van der Waals surface area contributed by atoms with Crippen LogP contribution in [0, 0.1) is 34.2 Å². The summed E-state index contributed by atoms with van der Waals surface area (Å²) in [5, 5.41) is 25.2. The first-order chi connectivity index (χ1) is 50.0. The Morgan fingerprint density at radius 3 is 1.20 bits per heavy atom. The van der Waals surface area contributed by atoms with Crippen LogP contribution in [0.3, 0.4) is 0 Å². The zero-order valence-electron chi connectivity index (χ0n) is 62.1. The van der Waals surface area contributed by atoms with Crippen LogP contribution >= 0.6 is 0 Å². The van der Waals surface area contributed by atoms with Crippen LogP contribution in [0.15, 0.2) is 103 Å². The Kier molecular flexibility index (Phi) is 23.0. The van der Waals surface area contributed by atoms with Gasteiger partial charge in [-0.15, -0.1) is 0 Å². The van der Waals surface area contributed by atoms with E-state index in [1.165, 1.54) is 130 Å². The molecule has 9 aliphatic carbocycles. The summed E-state index contributed by atoms with van der Waals surface area (Å²) in [5.74, 6) is 0.927. The number of carbonyl (C=O) groups is 3. The fourth-order valence-electron chi connectivity index (χ4n) is 20.5. The molecule has 9 aliphatic rings. The Balaban J connectivity index is 0.000000131. The van der Waals surface area contributed by atoms with Crippen molar-refractivity contribution in [3.05, 3.63) is 194 Å². The third kappa shape index (κ3) is 16.4. The number of halogens is 3. The molecule has 0 aliphatic heterocycles. The predicted octanol–water partition coefficient (Wildman–Crippen LogP) is 20.5. The molecule has 4 aromatic carbocycles. The normalized spacial score (nSPS) is 24.6.